The highest BCUT2D eigenvalue weighted by molar-refractivity contribution is 8.00. The van der Waals surface area contributed by atoms with Gasteiger partial charge in [0.2, 0.25) is 5.91 Å². The third-order valence-electron chi connectivity index (χ3n) is 3.87. The molecular formula is C21H19Cl2N3O2S2. The highest BCUT2D eigenvalue weighted by Crippen LogP contribution is 2.32. The second kappa shape index (κ2) is 10.3. The Morgan fingerprint density at radius 1 is 1.17 bits per heavy atom. The lowest BCUT2D eigenvalue weighted by molar-refractivity contribution is -0.119. The molecule has 2 aromatic carbocycles. The Labute approximate surface area is 193 Å². The molecule has 0 bridgehead atoms. The number of thiazole rings is 1. The molecule has 9 heteroatoms. The SMILES string of the molecule is CC(C)NC(=O)CSc1ccccc1C(=O)Nc1nc(-c2ccc(Cl)cc2Cl)cs1. The summed E-state index contributed by atoms with van der Waals surface area (Å²) in [5.41, 5.74) is 1.89. The van der Waals surface area contributed by atoms with Crippen molar-refractivity contribution in [2.24, 2.45) is 0 Å². The molecule has 2 N–H and O–H groups in total. The van der Waals surface area contributed by atoms with Crippen LogP contribution in [-0.4, -0.2) is 28.6 Å². The number of nitrogens with one attached hydrogen (secondary N) is 2. The minimum absolute atomic E-state index is 0.0740. The second-order valence-corrected chi connectivity index (χ2v) is 9.34. The van der Waals surface area contributed by atoms with E-state index in [0.29, 0.717) is 26.4 Å². The molecule has 30 heavy (non-hydrogen) atoms. The van der Waals surface area contributed by atoms with Gasteiger partial charge in [0.15, 0.2) is 5.13 Å². The smallest absolute Gasteiger partial charge is 0.258 e. The number of nitrogens with zero attached hydrogens (tertiary/aromatic N) is 1. The van der Waals surface area contributed by atoms with Crippen molar-refractivity contribution >= 4 is 63.2 Å². The first-order valence-electron chi connectivity index (χ1n) is 9.07. The summed E-state index contributed by atoms with van der Waals surface area (Å²) in [6.07, 6.45) is 0. The van der Waals surface area contributed by atoms with Crippen molar-refractivity contribution in [2.45, 2.75) is 24.8 Å². The summed E-state index contributed by atoms with van der Waals surface area (Å²) in [6, 6.07) is 12.4. The number of rotatable bonds is 7. The van der Waals surface area contributed by atoms with E-state index in [1.54, 1.807) is 30.3 Å². The van der Waals surface area contributed by atoms with E-state index in [0.717, 1.165) is 10.5 Å². The van der Waals surface area contributed by atoms with E-state index in [1.807, 2.05) is 31.4 Å². The van der Waals surface area contributed by atoms with Crippen molar-refractivity contribution in [3.63, 3.8) is 0 Å². The van der Waals surface area contributed by atoms with Gasteiger partial charge < -0.3 is 5.32 Å². The zero-order valence-corrected chi connectivity index (χ0v) is 19.4. The van der Waals surface area contributed by atoms with Crippen LogP contribution in [-0.2, 0) is 4.79 Å². The molecule has 0 radical (unpaired) electrons. The Hall–Kier alpha value is -2.06. The molecule has 0 spiro atoms. The molecular weight excluding hydrogens is 461 g/mol. The van der Waals surface area contributed by atoms with Crippen molar-refractivity contribution in [3.05, 3.63) is 63.5 Å². The predicted octanol–water partition coefficient (Wildman–Crippen LogP) is 5.99. The summed E-state index contributed by atoms with van der Waals surface area (Å²) >= 11 is 14.8. The number of thioether (sulfide) groups is 1. The first-order valence-corrected chi connectivity index (χ1v) is 11.7. The van der Waals surface area contributed by atoms with Gasteiger partial charge in [-0.05, 0) is 44.2 Å². The van der Waals surface area contributed by atoms with E-state index in [2.05, 4.69) is 15.6 Å². The molecule has 3 aromatic rings. The van der Waals surface area contributed by atoms with Crippen LogP contribution < -0.4 is 10.6 Å². The maximum Gasteiger partial charge on any atom is 0.258 e. The maximum absolute atomic E-state index is 12.8. The Kier molecular flexibility index (Phi) is 7.77. The molecule has 0 atom stereocenters. The minimum atomic E-state index is -0.287. The Morgan fingerprint density at radius 3 is 2.67 bits per heavy atom. The van der Waals surface area contributed by atoms with Gasteiger partial charge in [-0.1, -0.05) is 35.3 Å². The fourth-order valence-electron chi connectivity index (χ4n) is 2.60. The molecule has 0 aliphatic rings. The first-order chi connectivity index (χ1) is 14.3. The number of benzene rings is 2. The van der Waals surface area contributed by atoms with E-state index in [4.69, 9.17) is 23.2 Å². The van der Waals surface area contributed by atoms with Gasteiger partial charge in [-0.25, -0.2) is 4.98 Å². The zero-order valence-electron chi connectivity index (χ0n) is 16.2. The molecule has 0 fully saturated rings. The lowest BCUT2D eigenvalue weighted by Gasteiger charge is -2.10. The fraction of sp³-hybridized carbons (Fsp3) is 0.190. The van der Waals surface area contributed by atoms with Gasteiger partial charge in [-0.3, -0.25) is 14.9 Å². The van der Waals surface area contributed by atoms with Crippen LogP contribution in [0.15, 0.2) is 52.7 Å². The Bertz CT molecular complexity index is 1070. The average molecular weight is 480 g/mol. The second-order valence-electron chi connectivity index (χ2n) is 6.62. The van der Waals surface area contributed by atoms with Crippen molar-refractivity contribution in [1.29, 1.82) is 0 Å². The van der Waals surface area contributed by atoms with Crippen LogP contribution >= 0.6 is 46.3 Å². The molecule has 2 amide bonds. The number of hydrogen-bond acceptors (Lipinski definition) is 5. The number of anilines is 1. The Morgan fingerprint density at radius 2 is 1.93 bits per heavy atom. The van der Waals surface area contributed by atoms with E-state index in [-0.39, 0.29) is 23.6 Å². The summed E-state index contributed by atoms with van der Waals surface area (Å²) in [5.74, 6) is -0.126. The van der Waals surface area contributed by atoms with E-state index >= 15 is 0 Å². The molecule has 0 unspecified atom stereocenters. The lowest BCUT2D eigenvalue weighted by atomic mass is 10.2. The maximum atomic E-state index is 12.8. The number of aromatic nitrogens is 1. The third kappa shape index (κ3) is 5.98. The standard InChI is InChI=1S/C21H19Cl2N3O2S2/c1-12(2)24-19(27)11-29-18-6-4-3-5-15(18)20(28)26-21-25-17(10-30-21)14-8-7-13(22)9-16(14)23/h3-10,12H,11H2,1-2H3,(H,24,27)(H,25,26,28). The molecule has 0 aliphatic heterocycles. The number of halogens is 2. The summed E-state index contributed by atoms with van der Waals surface area (Å²) < 4.78 is 0. The molecule has 1 aromatic heterocycles. The largest absolute Gasteiger partial charge is 0.353 e. The first kappa shape index (κ1) is 22.6. The van der Waals surface area contributed by atoms with E-state index in [1.165, 1.54) is 23.1 Å². The van der Waals surface area contributed by atoms with Crippen LogP contribution in [0.4, 0.5) is 5.13 Å². The van der Waals surface area contributed by atoms with Gasteiger partial charge >= 0.3 is 0 Å². The monoisotopic (exact) mass is 479 g/mol. The zero-order chi connectivity index (χ0) is 21.7. The number of carbonyl (C=O) groups excluding carboxylic acids is 2. The van der Waals surface area contributed by atoms with E-state index < -0.39 is 0 Å². The van der Waals surface area contributed by atoms with Crippen LogP contribution in [0.25, 0.3) is 11.3 Å². The summed E-state index contributed by atoms with van der Waals surface area (Å²) in [4.78, 5) is 29.9. The van der Waals surface area contributed by atoms with Crippen LogP contribution in [0.1, 0.15) is 24.2 Å². The average Bonchev–Trinajstić information content (AvgIpc) is 3.14. The van der Waals surface area contributed by atoms with Gasteiger partial charge in [0.1, 0.15) is 0 Å². The molecule has 0 aliphatic carbocycles. The molecule has 0 saturated carbocycles. The quantitative estimate of drug-likeness (QED) is 0.408. The lowest BCUT2D eigenvalue weighted by Crippen LogP contribution is -2.31. The number of hydrogen-bond donors (Lipinski definition) is 2. The predicted molar refractivity (Wildman–Crippen MR) is 126 cm³/mol. The van der Waals surface area contributed by atoms with Crippen molar-refractivity contribution in [3.8, 4) is 11.3 Å². The van der Waals surface area contributed by atoms with Crippen molar-refractivity contribution < 1.29 is 9.59 Å². The van der Waals surface area contributed by atoms with Crippen LogP contribution in [0.2, 0.25) is 10.0 Å². The molecule has 0 saturated heterocycles. The van der Waals surface area contributed by atoms with Crippen molar-refractivity contribution in [2.75, 3.05) is 11.1 Å². The highest BCUT2D eigenvalue weighted by atomic mass is 35.5. The molecule has 5 nitrogen and oxygen atoms in total. The van der Waals surface area contributed by atoms with Gasteiger partial charge in [0.25, 0.3) is 5.91 Å². The van der Waals surface area contributed by atoms with Crippen LogP contribution in [0.3, 0.4) is 0 Å². The molecule has 156 valence electrons. The topological polar surface area (TPSA) is 71.1 Å². The summed E-state index contributed by atoms with van der Waals surface area (Å²) in [5, 5.41) is 8.98. The van der Waals surface area contributed by atoms with Gasteiger partial charge in [0, 0.05) is 26.9 Å². The van der Waals surface area contributed by atoms with E-state index in [9.17, 15) is 9.59 Å². The minimum Gasteiger partial charge on any atom is -0.353 e. The van der Waals surface area contributed by atoms with Crippen LogP contribution in [0.5, 0.6) is 0 Å². The summed E-state index contributed by atoms with van der Waals surface area (Å²) in [6.45, 7) is 3.81. The Balaban J connectivity index is 1.71. The van der Waals surface area contributed by atoms with Gasteiger partial charge in [0.05, 0.1) is 22.0 Å². The molecule has 1 heterocycles. The van der Waals surface area contributed by atoms with Crippen LogP contribution in [0, 0.1) is 0 Å². The number of carbonyl (C=O) groups is 2. The third-order valence-corrected chi connectivity index (χ3v) is 6.25. The van der Waals surface area contributed by atoms with Gasteiger partial charge in [-0.15, -0.1) is 23.1 Å². The van der Waals surface area contributed by atoms with Gasteiger partial charge in [-0.2, -0.15) is 0 Å². The fourth-order valence-corrected chi connectivity index (χ4v) is 4.68. The normalized spacial score (nSPS) is 10.8. The summed E-state index contributed by atoms with van der Waals surface area (Å²) in [7, 11) is 0. The molecule has 3 rings (SSSR count). The highest BCUT2D eigenvalue weighted by Gasteiger charge is 2.16. The van der Waals surface area contributed by atoms with Crippen molar-refractivity contribution in [1.82, 2.24) is 10.3 Å². The number of amides is 2.